The number of piperazine rings is 1. The van der Waals surface area contributed by atoms with Gasteiger partial charge in [0.1, 0.15) is 6.04 Å². The molecule has 0 bridgehead atoms. The number of hydrogen-bond donors (Lipinski definition) is 1. The quantitative estimate of drug-likeness (QED) is 0.728. The van der Waals surface area contributed by atoms with Crippen molar-refractivity contribution in [2.24, 2.45) is 0 Å². The minimum absolute atomic E-state index is 0.0483. The zero-order valence-corrected chi connectivity index (χ0v) is 12.2. The van der Waals surface area contributed by atoms with Crippen LogP contribution in [0.4, 0.5) is 0 Å². The van der Waals surface area contributed by atoms with E-state index >= 15 is 0 Å². The van der Waals surface area contributed by atoms with Crippen molar-refractivity contribution in [1.82, 2.24) is 15.1 Å². The minimum Gasteiger partial charge on any atom is -0.465 e. The molecule has 1 N–H and O–H groups in total. The van der Waals surface area contributed by atoms with Crippen molar-refractivity contribution >= 4 is 5.97 Å². The van der Waals surface area contributed by atoms with E-state index in [1.807, 2.05) is 6.92 Å². The van der Waals surface area contributed by atoms with Crippen molar-refractivity contribution in [3.8, 4) is 0 Å². The van der Waals surface area contributed by atoms with E-state index in [4.69, 9.17) is 4.74 Å². The van der Waals surface area contributed by atoms with Gasteiger partial charge >= 0.3 is 5.97 Å². The molecule has 2 fully saturated rings. The maximum atomic E-state index is 12.0. The molecule has 5 nitrogen and oxygen atoms in total. The molecule has 0 amide bonds. The number of likely N-dealkylation sites (tertiary alicyclic amines) is 1. The van der Waals surface area contributed by atoms with E-state index < -0.39 is 0 Å². The van der Waals surface area contributed by atoms with Gasteiger partial charge in [0.2, 0.25) is 0 Å². The molecule has 0 aromatic carbocycles. The molecule has 2 heterocycles. The molecular weight excluding hydrogens is 242 g/mol. The van der Waals surface area contributed by atoms with Crippen molar-refractivity contribution in [1.29, 1.82) is 0 Å². The summed E-state index contributed by atoms with van der Waals surface area (Å²) in [7, 11) is 0. The summed E-state index contributed by atoms with van der Waals surface area (Å²) in [6.45, 7) is 10.9. The first kappa shape index (κ1) is 14.8. The second-order valence-corrected chi connectivity index (χ2v) is 5.40. The Balaban J connectivity index is 1.86. The summed E-state index contributed by atoms with van der Waals surface area (Å²) >= 11 is 0. The van der Waals surface area contributed by atoms with Crippen molar-refractivity contribution in [2.75, 3.05) is 45.9 Å². The third-order valence-corrected chi connectivity index (χ3v) is 4.25. The highest BCUT2D eigenvalue weighted by atomic mass is 16.5. The normalized spacial score (nSPS) is 27.4. The van der Waals surface area contributed by atoms with Gasteiger partial charge in [-0.3, -0.25) is 14.6 Å². The van der Waals surface area contributed by atoms with Crippen LogP contribution in [0.3, 0.4) is 0 Å². The van der Waals surface area contributed by atoms with Gasteiger partial charge in [-0.05, 0) is 19.8 Å². The van der Waals surface area contributed by atoms with Gasteiger partial charge in [-0.2, -0.15) is 0 Å². The van der Waals surface area contributed by atoms with E-state index in [1.165, 1.54) is 6.42 Å². The predicted octanol–water partition coefficient (Wildman–Crippen LogP) is 0.308. The summed E-state index contributed by atoms with van der Waals surface area (Å²) in [6.07, 6.45) is 2.02. The summed E-state index contributed by atoms with van der Waals surface area (Å²) in [5.41, 5.74) is 0. The molecule has 2 aliphatic rings. The second-order valence-electron chi connectivity index (χ2n) is 5.40. The van der Waals surface area contributed by atoms with Gasteiger partial charge in [-0.25, -0.2) is 0 Å². The predicted molar refractivity (Wildman–Crippen MR) is 75.1 cm³/mol. The van der Waals surface area contributed by atoms with Crippen molar-refractivity contribution in [2.45, 2.75) is 38.8 Å². The first-order valence-electron chi connectivity index (χ1n) is 7.61. The number of nitrogens with one attached hydrogen (secondary N) is 1. The van der Waals surface area contributed by atoms with Crippen LogP contribution in [0.15, 0.2) is 0 Å². The minimum atomic E-state index is -0.0500. The van der Waals surface area contributed by atoms with Gasteiger partial charge < -0.3 is 10.1 Å². The molecule has 0 radical (unpaired) electrons. The molecule has 2 unspecified atom stereocenters. The van der Waals surface area contributed by atoms with Crippen LogP contribution < -0.4 is 5.32 Å². The molecule has 0 saturated carbocycles. The Hall–Kier alpha value is -0.650. The first-order valence-corrected chi connectivity index (χ1v) is 7.61. The Morgan fingerprint density at radius 3 is 2.68 bits per heavy atom. The number of carbonyl (C=O) groups is 1. The van der Waals surface area contributed by atoms with E-state index in [1.54, 1.807) is 0 Å². The number of esters is 1. The molecule has 19 heavy (non-hydrogen) atoms. The van der Waals surface area contributed by atoms with Gasteiger partial charge in [0.25, 0.3) is 0 Å². The highest BCUT2D eigenvalue weighted by Gasteiger charge is 2.34. The van der Waals surface area contributed by atoms with Gasteiger partial charge in [-0.1, -0.05) is 6.92 Å². The van der Waals surface area contributed by atoms with Crippen molar-refractivity contribution < 1.29 is 9.53 Å². The Morgan fingerprint density at radius 2 is 2.05 bits per heavy atom. The Morgan fingerprint density at radius 1 is 1.32 bits per heavy atom. The average molecular weight is 269 g/mol. The van der Waals surface area contributed by atoms with Crippen LogP contribution in [0.25, 0.3) is 0 Å². The molecule has 0 aromatic heterocycles. The van der Waals surface area contributed by atoms with E-state index in [9.17, 15) is 4.79 Å². The largest absolute Gasteiger partial charge is 0.465 e. The molecule has 0 aliphatic carbocycles. The van der Waals surface area contributed by atoms with E-state index in [0.717, 1.165) is 45.7 Å². The Kier molecular flexibility index (Phi) is 5.60. The van der Waals surface area contributed by atoms with E-state index in [-0.39, 0.29) is 12.0 Å². The van der Waals surface area contributed by atoms with Crippen LogP contribution in [-0.4, -0.2) is 73.7 Å². The summed E-state index contributed by atoms with van der Waals surface area (Å²) in [6, 6.07) is 0.568. The molecule has 2 rings (SSSR count). The van der Waals surface area contributed by atoms with E-state index in [2.05, 4.69) is 22.0 Å². The molecule has 0 aromatic rings. The van der Waals surface area contributed by atoms with Crippen LogP contribution in [-0.2, 0) is 9.53 Å². The standard InChI is InChI=1S/C14H27N3O2/c1-3-13(14(18)19-4-2)17-8-5-12(11-17)16-9-6-15-7-10-16/h12-13,15H,3-11H2,1-2H3. The maximum Gasteiger partial charge on any atom is 0.323 e. The van der Waals surface area contributed by atoms with Gasteiger partial charge in [0, 0.05) is 45.3 Å². The SMILES string of the molecule is CCOC(=O)C(CC)N1CCC(N2CCNCC2)C1. The van der Waals surface area contributed by atoms with Gasteiger partial charge in [0.15, 0.2) is 0 Å². The zero-order chi connectivity index (χ0) is 13.7. The first-order chi connectivity index (χ1) is 9.26. The third-order valence-electron chi connectivity index (χ3n) is 4.25. The molecule has 2 saturated heterocycles. The van der Waals surface area contributed by atoms with Crippen LogP contribution in [0, 0.1) is 0 Å². The number of nitrogens with zero attached hydrogens (tertiary/aromatic N) is 2. The lowest BCUT2D eigenvalue weighted by Gasteiger charge is -2.33. The highest BCUT2D eigenvalue weighted by molar-refractivity contribution is 5.75. The Bertz CT molecular complexity index is 292. The lowest BCUT2D eigenvalue weighted by atomic mass is 10.2. The number of hydrogen-bond acceptors (Lipinski definition) is 5. The van der Waals surface area contributed by atoms with Crippen LogP contribution in [0.2, 0.25) is 0 Å². The van der Waals surface area contributed by atoms with Crippen LogP contribution in [0.1, 0.15) is 26.7 Å². The summed E-state index contributed by atoms with van der Waals surface area (Å²) in [4.78, 5) is 16.8. The summed E-state index contributed by atoms with van der Waals surface area (Å²) in [5.74, 6) is -0.0500. The zero-order valence-electron chi connectivity index (χ0n) is 12.2. The summed E-state index contributed by atoms with van der Waals surface area (Å²) < 4.78 is 5.18. The van der Waals surface area contributed by atoms with Crippen LogP contribution in [0.5, 0.6) is 0 Å². The lowest BCUT2D eigenvalue weighted by Crippen LogP contribution is -2.50. The van der Waals surface area contributed by atoms with Crippen LogP contribution >= 0.6 is 0 Å². The highest BCUT2D eigenvalue weighted by Crippen LogP contribution is 2.20. The van der Waals surface area contributed by atoms with Gasteiger partial charge in [-0.15, -0.1) is 0 Å². The van der Waals surface area contributed by atoms with E-state index in [0.29, 0.717) is 12.6 Å². The fraction of sp³-hybridized carbons (Fsp3) is 0.929. The average Bonchev–Trinajstić information content (AvgIpc) is 2.90. The topological polar surface area (TPSA) is 44.8 Å². The van der Waals surface area contributed by atoms with Crippen molar-refractivity contribution in [3.63, 3.8) is 0 Å². The maximum absolute atomic E-state index is 12.0. The molecule has 5 heteroatoms. The molecule has 0 spiro atoms. The number of carbonyl (C=O) groups excluding carboxylic acids is 1. The number of ether oxygens (including phenoxy) is 1. The second kappa shape index (κ2) is 7.22. The summed E-state index contributed by atoms with van der Waals surface area (Å²) in [5, 5.41) is 3.39. The molecule has 2 aliphatic heterocycles. The fourth-order valence-corrected chi connectivity index (χ4v) is 3.21. The smallest absolute Gasteiger partial charge is 0.323 e. The Labute approximate surface area is 116 Å². The third kappa shape index (κ3) is 3.68. The monoisotopic (exact) mass is 269 g/mol. The molecule has 110 valence electrons. The van der Waals surface area contributed by atoms with Gasteiger partial charge in [0.05, 0.1) is 6.61 Å². The fourth-order valence-electron chi connectivity index (χ4n) is 3.21. The van der Waals surface area contributed by atoms with Crippen molar-refractivity contribution in [3.05, 3.63) is 0 Å². The molecule has 2 atom stereocenters. The lowest BCUT2D eigenvalue weighted by molar-refractivity contribution is -0.149. The molecular formula is C14H27N3O2. The number of rotatable bonds is 5.